The summed E-state index contributed by atoms with van der Waals surface area (Å²) in [5.41, 5.74) is 5.75. The Hall–Kier alpha value is -1.78. The number of ether oxygens (including phenoxy) is 1. The van der Waals surface area contributed by atoms with Crippen molar-refractivity contribution in [3.05, 3.63) is 17.8 Å². The smallest absolute Gasteiger partial charge is 0.338 e. The maximum absolute atomic E-state index is 10.8. The van der Waals surface area contributed by atoms with Crippen LogP contribution >= 0.6 is 0 Å². The number of nitrogens with zero attached hydrogens (tertiary/aromatic N) is 1. The number of nitrogens with two attached hydrogens (primary N) is 1. The monoisotopic (exact) mass is 224 g/mol. The predicted molar refractivity (Wildman–Crippen MR) is 60.6 cm³/mol. The Labute approximate surface area is 94.2 Å². The average Bonchev–Trinajstić information content (AvgIpc) is 2.26. The van der Waals surface area contributed by atoms with Crippen LogP contribution in [0.1, 0.15) is 36.5 Å². The Kier molecular flexibility index (Phi) is 4.57. The molecule has 3 N–H and O–H groups in total. The molecule has 0 unspecified atom stereocenters. The van der Waals surface area contributed by atoms with Crippen molar-refractivity contribution >= 4 is 11.7 Å². The van der Waals surface area contributed by atoms with Crippen LogP contribution in [-0.4, -0.2) is 22.7 Å². The highest BCUT2D eigenvalue weighted by Crippen LogP contribution is 2.22. The molecule has 0 radical (unpaired) electrons. The maximum Gasteiger partial charge on any atom is 0.338 e. The molecule has 16 heavy (non-hydrogen) atoms. The van der Waals surface area contributed by atoms with Crippen molar-refractivity contribution in [1.29, 1.82) is 0 Å². The summed E-state index contributed by atoms with van der Waals surface area (Å²) in [4.78, 5) is 14.7. The van der Waals surface area contributed by atoms with Gasteiger partial charge in [-0.3, -0.25) is 0 Å². The van der Waals surface area contributed by atoms with Crippen LogP contribution in [0.5, 0.6) is 5.88 Å². The van der Waals surface area contributed by atoms with Crippen LogP contribution in [0, 0.1) is 0 Å². The molecule has 1 aromatic heterocycles. The van der Waals surface area contributed by atoms with Crippen molar-refractivity contribution < 1.29 is 14.6 Å². The first-order valence-corrected chi connectivity index (χ1v) is 5.27. The number of carboxylic acids is 1. The standard InChI is InChI=1S/C11H16N2O3/c1-2-3-4-7-16-10-9(12)8(11(14)15)5-6-13-10/h5-6H,2-4,7,12H2,1H3,(H,14,15). The van der Waals surface area contributed by atoms with Crippen molar-refractivity contribution in [2.75, 3.05) is 12.3 Å². The van der Waals surface area contributed by atoms with Crippen LogP contribution < -0.4 is 10.5 Å². The lowest BCUT2D eigenvalue weighted by Gasteiger charge is -2.08. The van der Waals surface area contributed by atoms with Crippen LogP contribution in [-0.2, 0) is 0 Å². The van der Waals surface area contributed by atoms with Gasteiger partial charge in [0.15, 0.2) is 0 Å². The summed E-state index contributed by atoms with van der Waals surface area (Å²) in [6, 6.07) is 1.36. The molecule has 1 heterocycles. The van der Waals surface area contributed by atoms with Crippen LogP contribution in [0.25, 0.3) is 0 Å². The maximum atomic E-state index is 10.8. The number of hydrogen-bond acceptors (Lipinski definition) is 4. The molecule has 0 bridgehead atoms. The van der Waals surface area contributed by atoms with Crippen LogP contribution in [0.15, 0.2) is 12.3 Å². The van der Waals surface area contributed by atoms with Crippen LogP contribution in [0.4, 0.5) is 5.69 Å². The molecule has 0 amide bonds. The van der Waals surface area contributed by atoms with E-state index in [2.05, 4.69) is 11.9 Å². The first-order valence-electron chi connectivity index (χ1n) is 5.27. The van der Waals surface area contributed by atoms with E-state index >= 15 is 0 Å². The lowest BCUT2D eigenvalue weighted by molar-refractivity contribution is 0.0697. The van der Waals surface area contributed by atoms with Crippen molar-refractivity contribution in [3.63, 3.8) is 0 Å². The van der Waals surface area contributed by atoms with Gasteiger partial charge in [0, 0.05) is 6.20 Å². The zero-order valence-corrected chi connectivity index (χ0v) is 9.27. The zero-order valence-electron chi connectivity index (χ0n) is 9.27. The summed E-state index contributed by atoms with van der Waals surface area (Å²) in [5, 5.41) is 8.84. The first-order chi connectivity index (χ1) is 7.66. The number of carbonyl (C=O) groups is 1. The van der Waals surface area contributed by atoms with E-state index in [0.29, 0.717) is 6.61 Å². The fourth-order valence-electron chi connectivity index (χ4n) is 1.28. The molecule has 0 aliphatic rings. The molecule has 0 aromatic carbocycles. The highest BCUT2D eigenvalue weighted by Gasteiger charge is 2.12. The van der Waals surface area contributed by atoms with E-state index in [0.717, 1.165) is 19.3 Å². The van der Waals surface area contributed by atoms with Crippen molar-refractivity contribution in [3.8, 4) is 5.88 Å². The minimum atomic E-state index is -1.07. The molecule has 0 aliphatic heterocycles. The molecule has 5 heteroatoms. The Morgan fingerprint density at radius 1 is 1.56 bits per heavy atom. The molecular weight excluding hydrogens is 208 g/mol. The van der Waals surface area contributed by atoms with Crippen molar-refractivity contribution in [1.82, 2.24) is 4.98 Å². The minimum absolute atomic E-state index is 0.0282. The molecule has 88 valence electrons. The van der Waals surface area contributed by atoms with Gasteiger partial charge >= 0.3 is 5.97 Å². The van der Waals surface area contributed by atoms with E-state index in [4.69, 9.17) is 15.6 Å². The number of aromatic nitrogens is 1. The molecule has 0 spiro atoms. The number of pyridine rings is 1. The quantitative estimate of drug-likeness (QED) is 0.721. The Morgan fingerprint density at radius 2 is 2.31 bits per heavy atom. The zero-order chi connectivity index (χ0) is 12.0. The Morgan fingerprint density at radius 3 is 2.94 bits per heavy atom. The topological polar surface area (TPSA) is 85.4 Å². The van der Waals surface area contributed by atoms with E-state index in [9.17, 15) is 4.79 Å². The third-order valence-corrected chi connectivity index (χ3v) is 2.17. The second-order valence-electron chi connectivity index (χ2n) is 3.44. The summed E-state index contributed by atoms with van der Waals surface area (Å²) in [7, 11) is 0. The molecule has 1 rings (SSSR count). The van der Waals surface area contributed by atoms with Gasteiger partial charge in [-0.1, -0.05) is 19.8 Å². The third-order valence-electron chi connectivity index (χ3n) is 2.17. The summed E-state index contributed by atoms with van der Waals surface area (Å²) < 4.78 is 5.33. The number of nitrogen functional groups attached to an aromatic ring is 1. The average molecular weight is 224 g/mol. The van der Waals surface area contributed by atoms with Gasteiger partial charge < -0.3 is 15.6 Å². The normalized spacial score (nSPS) is 10.1. The summed E-state index contributed by atoms with van der Waals surface area (Å²) >= 11 is 0. The molecule has 1 aromatic rings. The van der Waals surface area contributed by atoms with E-state index < -0.39 is 5.97 Å². The highest BCUT2D eigenvalue weighted by atomic mass is 16.5. The number of carboxylic acid groups (broad SMARTS) is 1. The molecule has 0 fully saturated rings. The molecule has 5 nitrogen and oxygen atoms in total. The van der Waals surface area contributed by atoms with E-state index in [-0.39, 0.29) is 17.1 Å². The van der Waals surface area contributed by atoms with Gasteiger partial charge in [-0.15, -0.1) is 0 Å². The predicted octanol–water partition coefficient (Wildman–Crippen LogP) is 1.93. The van der Waals surface area contributed by atoms with Crippen molar-refractivity contribution in [2.24, 2.45) is 0 Å². The lowest BCUT2D eigenvalue weighted by atomic mass is 10.2. The fourth-order valence-corrected chi connectivity index (χ4v) is 1.28. The van der Waals surface area contributed by atoms with Gasteiger partial charge in [-0.05, 0) is 12.5 Å². The van der Waals surface area contributed by atoms with Gasteiger partial charge in [0.1, 0.15) is 5.69 Å². The van der Waals surface area contributed by atoms with Gasteiger partial charge in [-0.2, -0.15) is 0 Å². The largest absolute Gasteiger partial charge is 0.478 e. The number of anilines is 1. The van der Waals surface area contributed by atoms with Gasteiger partial charge in [-0.25, -0.2) is 9.78 Å². The summed E-state index contributed by atoms with van der Waals surface area (Å²) in [6.07, 6.45) is 4.46. The highest BCUT2D eigenvalue weighted by molar-refractivity contribution is 5.94. The number of rotatable bonds is 6. The summed E-state index contributed by atoms with van der Waals surface area (Å²) in [5.74, 6) is -0.866. The fraction of sp³-hybridized carbons (Fsp3) is 0.455. The SMILES string of the molecule is CCCCCOc1nccc(C(=O)O)c1N. The molecule has 0 aliphatic carbocycles. The van der Waals surface area contributed by atoms with E-state index in [1.807, 2.05) is 0 Å². The third kappa shape index (κ3) is 3.12. The molecule has 0 saturated carbocycles. The van der Waals surface area contributed by atoms with Gasteiger partial charge in [0.2, 0.25) is 5.88 Å². The van der Waals surface area contributed by atoms with E-state index in [1.165, 1.54) is 12.3 Å². The van der Waals surface area contributed by atoms with Crippen molar-refractivity contribution in [2.45, 2.75) is 26.2 Å². The molecular formula is C11H16N2O3. The Bertz CT molecular complexity index is 366. The summed E-state index contributed by atoms with van der Waals surface area (Å²) in [6.45, 7) is 2.60. The molecule has 0 atom stereocenters. The first kappa shape index (κ1) is 12.3. The molecule has 0 saturated heterocycles. The number of hydrogen-bond donors (Lipinski definition) is 2. The van der Waals surface area contributed by atoms with Crippen LogP contribution in [0.2, 0.25) is 0 Å². The lowest BCUT2D eigenvalue weighted by Crippen LogP contribution is -2.07. The van der Waals surface area contributed by atoms with Gasteiger partial charge in [0.25, 0.3) is 0 Å². The van der Waals surface area contributed by atoms with Crippen LogP contribution in [0.3, 0.4) is 0 Å². The van der Waals surface area contributed by atoms with E-state index in [1.54, 1.807) is 0 Å². The number of unbranched alkanes of at least 4 members (excludes halogenated alkanes) is 2. The Balaban J connectivity index is 2.66. The number of aromatic carboxylic acids is 1. The van der Waals surface area contributed by atoms with Gasteiger partial charge in [0.05, 0.1) is 12.2 Å². The second kappa shape index (κ2) is 5.95. The minimum Gasteiger partial charge on any atom is -0.478 e. The second-order valence-corrected chi connectivity index (χ2v) is 3.44.